The van der Waals surface area contributed by atoms with Crippen LogP contribution in [-0.4, -0.2) is 4.98 Å². The minimum absolute atomic E-state index is 0.00818. The Morgan fingerprint density at radius 2 is 2.14 bits per heavy atom. The summed E-state index contributed by atoms with van der Waals surface area (Å²) in [5.41, 5.74) is 2.16. The highest BCUT2D eigenvalue weighted by molar-refractivity contribution is 5.60. The number of pyridine rings is 1. The molecule has 0 saturated carbocycles. The number of hydrogen-bond acceptors (Lipinski definition) is 2. The van der Waals surface area contributed by atoms with Crippen molar-refractivity contribution in [1.82, 2.24) is 4.98 Å². The second kappa shape index (κ2) is 4.65. The lowest BCUT2D eigenvalue weighted by molar-refractivity contribution is 0.417. The van der Waals surface area contributed by atoms with Gasteiger partial charge in [-0.05, 0) is 35.6 Å². The van der Waals surface area contributed by atoms with Crippen molar-refractivity contribution >= 4 is 5.69 Å². The van der Waals surface area contributed by atoms with Crippen molar-refractivity contribution in [3.63, 3.8) is 0 Å². The van der Waals surface area contributed by atoms with Crippen LogP contribution >= 0.6 is 0 Å². The molecule has 21 heavy (non-hydrogen) atoms. The molecule has 4 rings (SSSR count). The Balaban J connectivity index is 1.84. The van der Waals surface area contributed by atoms with Crippen molar-refractivity contribution < 1.29 is 8.78 Å². The SMILES string of the molecule is Fc1cc(F)c2c(c1)[C@@H]1C=CC[C@@H]1[C@H](c1cccnc1)N2. The first kappa shape index (κ1) is 12.5. The van der Waals surface area contributed by atoms with Crippen molar-refractivity contribution in [3.05, 3.63) is 71.6 Å². The van der Waals surface area contributed by atoms with E-state index in [1.807, 2.05) is 12.1 Å². The molecule has 1 aromatic carbocycles. The molecule has 2 aromatic rings. The third-order valence-electron chi connectivity index (χ3n) is 4.43. The molecule has 0 spiro atoms. The normalized spacial score (nSPS) is 26.1. The Morgan fingerprint density at radius 3 is 2.95 bits per heavy atom. The third-order valence-corrected chi connectivity index (χ3v) is 4.43. The van der Waals surface area contributed by atoms with Crippen LogP contribution in [0.25, 0.3) is 0 Å². The van der Waals surface area contributed by atoms with Crippen molar-refractivity contribution in [3.8, 4) is 0 Å². The van der Waals surface area contributed by atoms with E-state index in [1.165, 1.54) is 6.07 Å². The predicted octanol–water partition coefficient (Wildman–Crippen LogP) is 4.19. The molecule has 106 valence electrons. The summed E-state index contributed by atoms with van der Waals surface area (Å²) in [6, 6.07) is 6.24. The maximum atomic E-state index is 14.1. The molecule has 2 heterocycles. The average Bonchev–Trinajstić information content (AvgIpc) is 2.97. The zero-order chi connectivity index (χ0) is 14.4. The number of hydrogen-bond donors (Lipinski definition) is 1. The van der Waals surface area contributed by atoms with Gasteiger partial charge in [0.05, 0.1) is 11.7 Å². The van der Waals surface area contributed by atoms with Crippen molar-refractivity contribution in [1.29, 1.82) is 0 Å². The van der Waals surface area contributed by atoms with Gasteiger partial charge in [0.2, 0.25) is 0 Å². The Kier molecular flexibility index (Phi) is 2.77. The number of allylic oxidation sites excluding steroid dienone is 2. The number of nitrogens with zero attached hydrogens (tertiary/aromatic N) is 1. The largest absolute Gasteiger partial charge is 0.375 e. The van der Waals surface area contributed by atoms with Crippen molar-refractivity contribution in [2.24, 2.45) is 5.92 Å². The van der Waals surface area contributed by atoms with E-state index in [2.05, 4.69) is 22.5 Å². The minimum Gasteiger partial charge on any atom is -0.375 e. The van der Waals surface area contributed by atoms with Crippen molar-refractivity contribution in [2.45, 2.75) is 18.4 Å². The van der Waals surface area contributed by atoms with Gasteiger partial charge < -0.3 is 5.32 Å². The standard InChI is InChI=1S/C17H14F2N2/c18-11-7-14-12-4-1-5-13(12)16(10-3-2-6-20-9-10)21-17(14)15(19)8-11/h1-4,6-9,12-13,16,21H,5H2/t12-,13+,16+/m1/s1. The zero-order valence-corrected chi connectivity index (χ0v) is 11.3. The number of aromatic nitrogens is 1. The summed E-state index contributed by atoms with van der Waals surface area (Å²) < 4.78 is 27.7. The van der Waals surface area contributed by atoms with Crippen LogP contribution in [0.2, 0.25) is 0 Å². The Bertz CT molecular complexity index is 712. The van der Waals surface area contributed by atoms with E-state index in [0.717, 1.165) is 18.1 Å². The number of anilines is 1. The summed E-state index contributed by atoms with van der Waals surface area (Å²) in [6.07, 6.45) is 8.58. The molecule has 1 N–H and O–H groups in total. The van der Waals surface area contributed by atoms with E-state index in [9.17, 15) is 8.78 Å². The minimum atomic E-state index is -0.530. The van der Waals surface area contributed by atoms with E-state index in [-0.39, 0.29) is 17.9 Å². The summed E-state index contributed by atoms with van der Waals surface area (Å²) in [5, 5.41) is 3.26. The van der Waals surface area contributed by atoms with Crippen LogP contribution in [0.5, 0.6) is 0 Å². The van der Waals surface area contributed by atoms with Gasteiger partial charge in [-0.1, -0.05) is 18.2 Å². The van der Waals surface area contributed by atoms with Crippen LogP contribution in [-0.2, 0) is 0 Å². The van der Waals surface area contributed by atoms with Gasteiger partial charge in [0.25, 0.3) is 0 Å². The van der Waals surface area contributed by atoms with Gasteiger partial charge in [0, 0.05) is 24.4 Å². The van der Waals surface area contributed by atoms with Gasteiger partial charge in [-0.2, -0.15) is 0 Å². The Labute approximate surface area is 121 Å². The maximum absolute atomic E-state index is 14.1. The van der Waals surface area contributed by atoms with Gasteiger partial charge >= 0.3 is 0 Å². The van der Waals surface area contributed by atoms with E-state index in [4.69, 9.17) is 0 Å². The number of halogens is 2. The van der Waals surface area contributed by atoms with Crippen LogP contribution in [0, 0.1) is 17.6 Å². The van der Waals surface area contributed by atoms with Gasteiger partial charge in [-0.25, -0.2) is 8.78 Å². The molecular formula is C17H14F2N2. The fraction of sp³-hybridized carbons (Fsp3) is 0.235. The molecule has 3 atom stereocenters. The predicted molar refractivity (Wildman–Crippen MR) is 76.9 cm³/mol. The third kappa shape index (κ3) is 1.94. The summed E-state index contributed by atoms with van der Waals surface area (Å²) >= 11 is 0. The van der Waals surface area contributed by atoms with E-state index in [1.54, 1.807) is 12.4 Å². The second-order valence-corrected chi connectivity index (χ2v) is 5.61. The number of nitrogens with one attached hydrogen (secondary N) is 1. The molecule has 1 aromatic heterocycles. The van der Waals surface area contributed by atoms with E-state index in [0.29, 0.717) is 11.3 Å². The van der Waals surface area contributed by atoms with Gasteiger partial charge in [-0.3, -0.25) is 4.98 Å². The Hall–Kier alpha value is -2.23. The van der Waals surface area contributed by atoms with Gasteiger partial charge in [0.1, 0.15) is 11.6 Å². The lowest BCUT2D eigenvalue weighted by Crippen LogP contribution is -2.30. The molecule has 0 radical (unpaired) electrons. The molecule has 0 bridgehead atoms. The van der Waals surface area contributed by atoms with Gasteiger partial charge in [0.15, 0.2) is 0 Å². The molecule has 0 saturated heterocycles. The first-order chi connectivity index (χ1) is 10.2. The first-order valence-electron chi connectivity index (χ1n) is 7.06. The molecule has 2 nitrogen and oxygen atoms in total. The average molecular weight is 284 g/mol. The molecular weight excluding hydrogens is 270 g/mol. The van der Waals surface area contributed by atoms with Crippen LogP contribution in [0.1, 0.15) is 29.5 Å². The monoisotopic (exact) mass is 284 g/mol. The molecule has 0 amide bonds. The van der Waals surface area contributed by atoms with Crippen LogP contribution in [0.4, 0.5) is 14.5 Å². The quantitative estimate of drug-likeness (QED) is 0.794. The molecule has 1 aliphatic carbocycles. The van der Waals surface area contributed by atoms with E-state index >= 15 is 0 Å². The highest BCUT2D eigenvalue weighted by atomic mass is 19.1. The van der Waals surface area contributed by atoms with Crippen LogP contribution in [0.3, 0.4) is 0 Å². The molecule has 4 heteroatoms. The van der Waals surface area contributed by atoms with Crippen molar-refractivity contribution in [2.75, 3.05) is 5.32 Å². The summed E-state index contributed by atoms with van der Waals surface area (Å²) in [7, 11) is 0. The maximum Gasteiger partial charge on any atom is 0.149 e. The topological polar surface area (TPSA) is 24.9 Å². The molecule has 1 aliphatic heterocycles. The molecule has 2 aliphatic rings. The number of rotatable bonds is 1. The zero-order valence-electron chi connectivity index (χ0n) is 11.3. The molecule has 0 fully saturated rings. The number of fused-ring (bicyclic) bond motifs is 3. The highest BCUT2D eigenvalue weighted by Crippen LogP contribution is 2.50. The fourth-order valence-electron chi connectivity index (χ4n) is 3.51. The molecule has 0 unspecified atom stereocenters. The number of benzene rings is 1. The van der Waals surface area contributed by atoms with E-state index < -0.39 is 11.6 Å². The van der Waals surface area contributed by atoms with Gasteiger partial charge in [-0.15, -0.1) is 0 Å². The smallest absolute Gasteiger partial charge is 0.149 e. The summed E-state index contributed by atoms with van der Waals surface area (Å²) in [5.74, 6) is -0.732. The Morgan fingerprint density at radius 1 is 1.24 bits per heavy atom. The second-order valence-electron chi connectivity index (χ2n) is 5.61. The lowest BCUT2D eigenvalue weighted by atomic mass is 9.77. The lowest BCUT2D eigenvalue weighted by Gasteiger charge is -2.37. The summed E-state index contributed by atoms with van der Waals surface area (Å²) in [4.78, 5) is 4.15. The summed E-state index contributed by atoms with van der Waals surface area (Å²) in [6.45, 7) is 0. The van der Waals surface area contributed by atoms with Crippen LogP contribution < -0.4 is 5.32 Å². The van der Waals surface area contributed by atoms with Crippen LogP contribution in [0.15, 0.2) is 48.8 Å². The fourth-order valence-corrected chi connectivity index (χ4v) is 3.51. The highest BCUT2D eigenvalue weighted by Gasteiger charge is 2.39. The first-order valence-corrected chi connectivity index (χ1v) is 7.06.